The summed E-state index contributed by atoms with van der Waals surface area (Å²) >= 11 is 0. The van der Waals surface area contributed by atoms with E-state index in [0.717, 1.165) is 0 Å². The van der Waals surface area contributed by atoms with Crippen LogP contribution in [0.3, 0.4) is 0 Å². The first-order chi connectivity index (χ1) is 4.29. The van der Waals surface area contributed by atoms with Crippen LogP contribution < -0.4 is 5.73 Å². The highest BCUT2D eigenvalue weighted by atomic mass is 15.4. The third-order valence-corrected chi connectivity index (χ3v) is 0.680. The van der Waals surface area contributed by atoms with Crippen LogP contribution in [-0.2, 0) is 0 Å². The van der Waals surface area contributed by atoms with Crippen molar-refractivity contribution < 1.29 is 0 Å². The molecule has 0 aromatic carbocycles. The van der Waals surface area contributed by atoms with E-state index in [1.807, 2.05) is 0 Å². The van der Waals surface area contributed by atoms with Gasteiger partial charge in [0.05, 0.1) is 0 Å². The molecule has 0 saturated heterocycles. The summed E-state index contributed by atoms with van der Waals surface area (Å²) in [6, 6.07) is 0. The van der Waals surface area contributed by atoms with Crippen LogP contribution in [-0.4, -0.2) is 20.7 Å². The Morgan fingerprint density at radius 2 is 2.11 bits per heavy atom. The fourth-order valence-electron chi connectivity index (χ4n) is 0.429. The Balaban J connectivity index is 2.80. The van der Waals surface area contributed by atoms with Crippen molar-refractivity contribution in [3.63, 3.8) is 0 Å². The molecule has 1 aromatic heterocycles. The van der Waals surface area contributed by atoms with Crippen LogP contribution >= 0.6 is 0 Å². The second kappa shape index (κ2) is 2.25. The van der Waals surface area contributed by atoms with Gasteiger partial charge in [-0.2, -0.15) is 5.10 Å². The predicted molar refractivity (Wildman–Crippen MR) is 32.7 cm³/mol. The number of rotatable bonds is 1. The van der Waals surface area contributed by atoms with Gasteiger partial charge in [0.15, 0.2) is 0 Å². The molecule has 5 nitrogen and oxygen atoms in total. The maximum absolute atomic E-state index is 5.26. The van der Waals surface area contributed by atoms with Gasteiger partial charge in [0.2, 0.25) is 0 Å². The van der Waals surface area contributed by atoms with Gasteiger partial charge in [0.1, 0.15) is 18.5 Å². The molecule has 1 rings (SSSR count). The summed E-state index contributed by atoms with van der Waals surface area (Å²) in [6.07, 6.45) is 2.94. The van der Waals surface area contributed by atoms with Crippen LogP contribution in [0.5, 0.6) is 0 Å². The first-order valence-electron chi connectivity index (χ1n) is 2.45. The number of hydrogen-bond acceptors (Lipinski definition) is 3. The number of nitrogens with zero attached hydrogens (tertiary/aromatic N) is 4. The molecule has 1 heterocycles. The van der Waals surface area contributed by atoms with Gasteiger partial charge < -0.3 is 5.73 Å². The Hall–Kier alpha value is -1.39. The summed E-state index contributed by atoms with van der Waals surface area (Å²) in [5, 5.41) is 10.9. The van der Waals surface area contributed by atoms with Gasteiger partial charge >= 0.3 is 0 Å². The second-order valence-electron chi connectivity index (χ2n) is 1.58. The summed E-state index contributed by atoms with van der Waals surface area (Å²) in [5.74, 6) is 0.481. The number of amidine groups is 1. The Morgan fingerprint density at radius 1 is 1.56 bits per heavy atom. The smallest absolute Gasteiger partial charge is 0.141 e. The lowest BCUT2D eigenvalue weighted by Crippen LogP contribution is -2.07. The van der Waals surface area contributed by atoms with Gasteiger partial charge in [-0.1, -0.05) is 0 Å². The molecule has 0 unspecified atom stereocenters. The van der Waals surface area contributed by atoms with Crippen molar-refractivity contribution in [1.29, 1.82) is 0 Å². The van der Waals surface area contributed by atoms with Crippen LogP contribution in [0, 0.1) is 0 Å². The zero-order valence-electron chi connectivity index (χ0n) is 5.02. The maximum Gasteiger partial charge on any atom is 0.141 e. The van der Waals surface area contributed by atoms with E-state index in [4.69, 9.17) is 5.73 Å². The Labute approximate surface area is 52.2 Å². The van der Waals surface area contributed by atoms with Crippen molar-refractivity contribution in [2.45, 2.75) is 6.92 Å². The van der Waals surface area contributed by atoms with Crippen molar-refractivity contribution >= 4 is 5.84 Å². The first kappa shape index (κ1) is 5.74. The van der Waals surface area contributed by atoms with E-state index < -0.39 is 0 Å². The zero-order valence-corrected chi connectivity index (χ0v) is 5.02. The Kier molecular flexibility index (Phi) is 1.44. The highest BCUT2D eigenvalue weighted by Crippen LogP contribution is 1.78. The summed E-state index contributed by atoms with van der Waals surface area (Å²) in [4.78, 5) is 0. The molecule has 0 fully saturated rings. The van der Waals surface area contributed by atoms with E-state index in [-0.39, 0.29) is 0 Å². The number of nitrogens with two attached hydrogens (primary N) is 1. The van der Waals surface area contributed by atoms with Crippen molar-refractivity contribution in [1.82, 2.24) is 14.9 Å². The molecule has 0 radical (unpaired) electrons. The van der Waals surface area contributed by atoms with Crippen molar-refractivity contribution in [3.05, 3.63) is 12.7 Å². The molecular formula is C4H7N5. The number of aromatic nitrogens is 3. The SMILES string of the molecule is C/C(N)=N/n1cnnc1. The van der Waals surface area contributed by atoms with Crippen LogP contribution in [0.1, 0.15) is 6.92 Å². The van der Waals surface area contributed by atoms with Crippen molar-refractivity contribution in [2.24, 2.45) is 10.8 Å². The maximum atomic E-state index is 5.26. The van der Waals surface area contributed by atoms with Gasteiger partial charge in [0, 0.05) is 0 Å². The van der Waals surface area contributed by atoms with E-state index in [2.05, 4.69) is 15.3 Å². The lowest BCUT2D eigenvalue weighted by atomic mass is 10.7. The lowest BCUT2D eigenvalue weighted by Gasteiger charge is -1.88. The molecule has 0 aliphatic rings. The van der Waals surface area contributed by atoms with E-state index in [9.17, 15) is 0 Å². The molecule has 0 aliphatic heterocycles. The summed E-state index contributed by atoms with van der Waals surface area (Å²) < 4.78 is 1.44. The van der Waals surface area contributed by atoms with Crippen LogP contribution in [0.25, 0.3) is 0 Å². The summed E-state index contributed by atoms with van der Waals surface area (Å²) in [7, 11) is 0. The average Bonchev–Trinajstić information content (AvgIpc) is 2.15. The largest absolute Gasteiger partial charge is 0.386 e. The van der Waals surface area contributed by atoms with Crippen LogP contribution in [0.15, 0.2) is 17.8 Å². The van der Waals surface area contributed by atoms with Gasteiger partial charge in [-0.15, -0.1) is 10.2 Å². The predicted octanol–water partition coefficient (Wildman–Crippen LogP) is -0.582. The van der Waals surface area contributed by atoms with E-state index in [1.165, 1.54) is 17.3 Å². The summed E-state index contributed by atoms with van der Waals surface area (Å²) in [6.45, 7) is 1.69. The van der Waals surface area contributed by atoms with Gasteiger partial charge in [-0.25, -0.2) is 4.68 Å². The third kappa shape index (κ3) is 1.52. The minimum Gasteiger partial charge on any atom is -0.386 e. The molecule has 0 aliphatic carbocycles. The standard InChI is InChI=1S/C4H7N5/c1-4(5)8-9-2-6-7-3-9/h2-3H,1H3,(H2,5,8). The lowest BCUT2D eigenvalue weighted by molar-refractivity contribution is 0.867. The first-order valence-corrected chi connectivity index (χ1v) is 2.45. The molecule has 0 saturated carbocycles. The second-order valence-corrected chi connectivity index (χ2v) is 1.58. The fraction of sp³-hybridized carbons (Fsp3) is 0.250. The van der Waals surface area contributed by atoms with Crippen molar-refractivity contribution in [3.8, 4) is 0 Å². The minimum atomic E-state index is 0.481. The molecule has 0 amide bonds. The molecule has 0 spiro atoms. The quantitative estimate of drug-likeness (QED) is 0.403. The van der Waals surface area contributed by atoms with Gasteiger partial charge in [-0.05, 0) is 6.92 Å². The molecule has 0 bridgehead atoms. The molecule has 1 aromatic rings. The molecule has 2 N–H and O–H groups in total. The summed E-state index contributed by atoms with van der Waals surface area (Å²) in [5.41, 5.74) is 5.26. The highest BCUT2D eigenvalue weighted by Gasteiger charge is 1.82. The van der Waals surface area contributed by atoms with E-state index in [0.29, 0.717) is 5.84 Å². The Morgan fingerprint density at radius 3 is 2.56 bits per heavy atom. The Bertz CT molecular complexity index is 195. The monoisotopic (exact) mass is 125 g/mol. The highest BCUT2D eigenvalue weighted by molar-refractivity contribution is 5.77. The number of hydrogen-bond donors (Lipinski definition) is 1. The van der Waals surface area contributed by atoms with E-state index in [1.54, 1.807) is 6.92 Å². The normalized spacial score (nSPS) is 11.9. The van der Waals surface area contributed by atoms with Crippen LogP contribution in [0.2, 0.25) is 0 Å². The molecule has 5 heteroatoms. The molecule has 48 valence electrons. The topological polar surface area (TPSA) is 69.1 Å². The average molecular weight is 125 g/mol. The van der Waals surface area contributed by atoms with E-state index >= 15 is 0 Å². The van der Waals surface area contributed by atoms with Gasteiger partial charge in [-0.3, -0.25) is 0 Å². The van der Waals surface area contributed by atoms with Gasteiger partial charge in [0.25, 0.3) is 0 Å². The fourth-order valence-corrected chi connectivity index (χ4v) is 0.429. The molecule has 9 heavy (non-hydrogen) atoms. The third-order valence-electron chi connectivity index (χ3n) is 0.680. The zero-order chi connectivity index (χ0) is 6.69. The molecular weight excluding hydrogens is 118 g/mol. The van der Waals surface area contributed by atoms with Crippen LogP contribution in [0.4, 0.5) is 0 Å². The minimum absolute atomic E-state index is 0.481. The molecule has 0 atom stereocenters. The van der Waals surface area contributed by atoms with Crippen molar-refractivity contribution in [2.75, 3.05) is 0 Å².